The van der Waals surface area contributed by atoms with E-state index in [0.29, 0.717) is 16.6 Å². The molecule has 0 atom stereocenters. The maximum absolute atomic E-state index is 6.15. The van der Waals surface area contributed by atoms with E-state index in [2.05, 4.69) is 10.3 Å². The third-order valence-corrected chi connectivity index (χ3v) is 3.75. The van der Waals surface area contributed by atoms with Crippen LogP contribution in [0.4, 0.5) is 5.69 Å². The van der Waals surface area contributed by atoms with Crippen LogP contribution in [-0.4, -0.2) is 9.97 Å². The maximum atomic E-state index is 6.15. The highest BCUT2D eigenvalue weighted by Crippen LogP contribution is 2.23. The number of hydrogen-bond donors (Lipinski definition) is 2. The van der Waals surface area contributed by atoms with Crippen LogP contribution in [-0.2, 0) is 6.54 Å². The van der Waals surface area contributed by atoms with E-state index >= 15 is 0 Å². The van der Waals surface area contributed by atoms with Crippen LogP contribution in [0.2, 0.25) is 5.02 Å². The Bertz CT molecular complexity index is 580. The first kappa shape index (κ1) is 13.3. The number of halogens is 1. The molecule has 1 aromatic heterocycles. The van der Waals surface area contributed by atoms with Gasteiger partial charge in [-0.25, -0.2) is 4.98 Å². The zero-order chi connectivity index (χ0) is 13.1. The molecule has 0 aliphatic heterocycles. The summed E-state index contributed by atoms with van der Waals surface area (Å²) in [6.07, 6.45) is 0. The second kappa shape index (κ2) is 5.65. The van der Waals surface area contributed by atoms with Crippen molar-refractivity contribution in [1.29, 1.82) is 0 Å². The molecular weight excluding hydrogens is 286 g/mol. The van der Waals surface area contributed by atoms with Crippen molar-refractivity contribution in [2.75, 3.05) is 5.32 Å². The van der Waals surface area contributed by atoms with E-state index in [9.17, 15) is 0 Å². The van der Waals surface area contributed by atoms with Gasteiger partial charge in [0.05, 0.1) is 28.0 Å². The number of anilines is 1. The minimum Gasteiger partial charge on any atom is -0.389 e. The number of benzene rings is 1. The third-order valence-electron chi connectivity index (χ3n) is 2.38. The van der Waals surface area contributed by atoms with E-state index in [0.717, 1.165) is 22.0 Å². The Balaban J connectivity index is 2.08. The molecule has 0 saturated carbocycles. The van der Waals surface area contributed by atoms with E-state index < -0.39 is 0 Å². The number of hydrogen-bond acceptors (Lipinski definition) is 4. The lowest BCUT2D eigenvalue weighted by atomic mass is 10.2. The van der Waals surface area contributed by atoms with Crippen LogP contribution in [0.3, 0.4) is 0 Å². The highest BCUT2D eigenvalue weighted by Gasteiger charge is 2.04. The lowest BCUT2D eigenvalue weighted by Crippen LogP contribution is -2.09. The van der Waals surface area contributed by atoms with Gasteiger partial charge in [-0.15, -0.1) is 11.3 Å². The molecule has 3 nitrogen and oxygen atoms in total. The summed E-state index contributed by atoms with van der Waals surface area (Å²) >= 11 is 12.7. The number of nitrogens with two attached hydrogens (primary N) is 1. The van der Waals surface area contributed by atoms with Gasteiger partial charge in [-0.05, 0) is 25.1 Å². The van der Waals surface area contributed by atoms with E-state index in [1.807, 2.05) is 24.4 Å². The molecular formula is C12H12ClN3S2. The summed E-state index contributed by atoms with van der Waals surface area (Å²) in [6, 6.07) is 5.48. The van der Waals surface area contributed by atoms with Crippen LogP contribution >= 0.6 is 35.2 Å². The molecule has 0 aliphatic rings. The quantitative estimate of drug-likeness (QED) is 0.850. The van der Waals surface area contributed by atoms with Gasteiger partial charge < -0.3 is 11.1 Å². The van der Waals surface area contributed by atoms with Gasteiger partial charge >= 0.3 is 0 Å². The van der Waals surface area contributed by atoms with Gasteiger partial charge in [-0.1, -0.05) is 23.8 Å². The van der Waals surface area contributed by atoms with Gasteiger partial charge in [0.1, 0.15) is 4.99 Å². The predicted octanol–water partition coefficient (Wildman–Crippen LogP) is 3.35. The maximum Gasteiger partial charge on any atom is 0.104 e. The standard InChI is InChI=1S/C12H12ClN3S2/c1-7-16-9(6-18-7)5-15-11-3-2-8(12(14)17)4-10(11)13/h2-4,6,15H,5H2,1H3,(H2,14,17). The van der Waals surface area contributed by atoms with Gasteiger partial charge in [-0.3, -0.25) is 0 Å². The van der Waals surface area contributed by atoms with Crippen LogP contribution < -0.4 is 11.1 Å². The summed E-state index contributed by atoms with van der Waals surface area (Å²) in [6.45, 7) is 2.63. The van der Waals surface area contributed by atoms with Crippen molar-refractivity contribution in [2.45, 2.75) is 13.5 Å². The second-order valence-electron chi connectivity index (χ2n) is 3.77. The van der Waals surface area contributed by atoms with Crippen molar-refractivity contribution in [2.24, 2.45) is 5.73 Å². The molecule has 0 bridgehead atoms. The smallest absolute Gasteiger partial charge is 0.104 e. The third kappa shape index (κ3) is 3.19. The topological polar surface area (TPSA) is 50.9 Å². The number of nitrogens with one attached hydrogen (secondary N) is 1. The first-order chi connectivity index (χ1) is 8.56. The molecule has 94 valence electrons. The normalized spacial score (nSPS) is 10.3. The minimum atomic E-state index is 0.346. The number of thiazole rings is 1. The van der Waals surface area contributed by atoms with Gasteiger partial charge in [0.2, 0.25) is 0 Å². The van der Waals surface area contributed by atoms with Crippen LogP contribution in [0.5, 0.6) is 0 Å². The summed E-state index contributed by atoms with van der Waals surface area (Å²) in [7, 11) is 0. The van der Waals surface area contributed by atoms with Crippen molar-refractivity contribution >= 4 is 45.8 Å². The fourth-order valence-corrected chi connectivity index (χ4v) is 2.47. The number of nitrogens with zero attached hydrogens (tertiary/aromatic N) is 1. The monoisotopic (exact) mass is 297 g/mol. The Morgan fingerprint density at radius 3 is 2.89 bits per heavy atom. The molecule has 0 amide bonds. The summed E-state index contributed by atoms with van der Waals surface area (Å²) in [5.41, 5.74) is 8.17. The number of aryl methyl sites for hydroxylation is 1. The average molecular weight is 298 g/mol. The lowest BCUT2D eigenvalue weighted by molar-refractivity contribution is 1.05. The fraction of sp³-hybridized carbons (Fsp3) is 0.167. The van der Waals surface area contributed by atoms with Crippen molar-refractivity contribution < 1.29 is 0 Å². The summed E-state index contributed by atoms with van der Waals surface area (Å²) in [5.74, 6) is 0. The molecule has 1 heterocycles. The molecule has 2 rings (SSSR count). The zero-order valence-electron chi connectivity index (χ0n) is 9.74. The molecule has 0 spiro atoms. The SMILES string of the molecule is Cc1nc(CNc2ccc(C(N)=S)cc2Cl)cs1. The first-order valence-corrected chi connectivity index (χ1v) is 6.97. The van der Waals surface area contributed by atoms with Crippen molar-refractivity contribution in [3.63, 3.8) is 0 Å². The molecule has 0 saturated heterocycles. The highest BCUT2D eigenvalue weighted by atomic mass is 35.5. The summed E-state index contributed by atoms with van der Waals surface area (Å²) in [5, 5.41) is 6.93. The van der Waals surface area contributed by atoms with Gasteiger partial charge in [0.25, 0.3) is 0 Å². The minimum absolute atomic E-state index is 0.346. The lowest BCUT2D eigenvalue weighted by Gasteiger charge is -2.08. The molecule has 2 aromatic rings. The zero-order valence-corrected chi connectivity index (χ0v) is 12.1. The Morgan fingerprint density at radius 2 is 2.33 bits per heavy atom. The fourth-order valence-electron chi connectivity index (χ4n) is 1.49. The summed E-state index contributed by atoms with van der Waals surface area (Å²) < 4.78 is 0. The van der Waals surface area contributed by atoms with Crippen molar-refractivity contribution in [3.05, 3.63) is 44.9 Å². The molecule has 6 heteroatoms. The molecule has 0 unspecified atom stereocenters. The van der Waals surface area contributed by atoms with E-state index in [4.69, 9.17) is 29.6 Å². The number of thiocarbonyl (C=S) groups is 1. The molecule has 1 aromatic carbocycles. The van der Waals surface area contributed by atoms with Crippen LogP contribution in [0.25, 0.3) is 0 Å². The Hall–Kier alpha value is -1.17. The van der Waals surface area contributed by atoms with E-state index in [1.165, 1.54) is 0 Å². The molecule has 3 N–H and O–H groups in total. The largest absolute Gasteiger partial charge is 0.389 e. The average Bonchev–Trinajstić information content (AvgIpc) is 2.73. The second-order valence-corrected chi connectivity index (χ2v) is 5.68. The number of rotatable bonds is 4. The molecule has 0 fully saturated rings. The van der Waals surface area contributed by atoms with Crippen molar-refractivity contribution in [1.82, 2.24) is 4.98 Å². The van der Waals surface area contributed by atoms with Crippen molar-refractivity contribution in [3.8, 4) is 0 Å². The Morgan fingerprint density at radius 1 is 1.56 bits per heavy atom. The molecule has 18 heavy (non-hydrogen) atoms. The number of aromatic nitrogens is 1. The molecule has 0 aliphatic carbocycles. The van der Waals surface area contributed by atoms with Gasteiger partial charge in [0.15, 0.2) is 0 Å². The predicted molar refractivity (Wildman–Crippen MR) is 81.5 cm³/mol. The Kier molecular flexibility index (Phi) is 4.16. The van der Waals surface area contributed by atoms with E-state index in [-0.39, 0.29) is 0 Å². The Labute approximate surface area is 120 Å². The van der Waals surface area contributed by atoms with Crippen LogP contribution in [0.1, 0.15) is 16.3 Å². The van der Waals surface area contributed by atoms with Gasteiger partial charge in [0, 0.05) is 10.9 Å². The van der Waals surface area contributed by atoms with Gasteiger partial charge in [-0.2, -0.15) is 0 Å². The first-order valence-electron chi connectivity index (χ1n) is 5.30. The summed E-state index contributed by atoms with van der Waals surface area (Å²) in [4.78, 5) is 4.72. The van der Waals surface area contributed by atoms with Crippen LogP contribution in [0.15, 0.2) is 23.6 Å². The van der Waals surface area contributed by atoms with Crippen LogP contribution in [0, 0.1) is 6.92 Å². The molecule has 0 radical (unpaired) electrons. The highest BCUT2D eigenvalue weighted by molar-refractivity contribution is 7.80. The van der Waals surface area contributed by atoms with E-state index in [1.54, 1.807) is 17.4 Å².